The van der Waals surface area contributed by atoms with Crippen molar-refractivity contribution in [1.82, 2.24) is 20.5 Å². The van der Waals surface area contributed by atoms with E-state index in [9.17, 15) is 44.1 Å². The van der Waals surface area contributed by atoms with Crippen LogP contribution >= 0.6 is 0 Å². The summed E-state index contributed by atoms with van der Waals surface area (Å²) in [5, 5.41) is 40.0. The molecule has 1 saturated heterocycles. The smallest absolute Gasteiger partial charge is 0.408 e. The van der Waals surface area contributed by atoms with E-state index >= 15 is 0 Å². The number of carbonyl (C=O) groups is 6. The van der Waals surface area contributed by atoms with Gasteiger partial charge in [-0.05, 0) is 85.2 Å². The zero-order valence-electron chi connectivity index (χ0n) is 39.3. The maximum Gasteiger partial charge on any atom is 0.408 e. The monoisotopic (exact) mass is 910 g/mol. The van der Waals surface area contributed by atoms with Crippen molar-refractivity contribution < 1.29 is 63.0 Å². The number of ketones is 2. The molecular formula is C48H70N4O13. The molecule has 1 aromatic heterocycles. The molecule has 13 atom stereocenters. The summed E-state index contributed by atoms with van der Waals surface area (Å²) in [4.78, 5) is 85.3. The number of cyclic esters (lactones) is 1. The molecule has 1 aromatic carbocycles. The average molecular weight is 911 g/mol. The molecule has 1 unspecified atom stereocenters. The van der Waals surface area contributed by atoms with E-state index in [1.165, 1.54) is 12.2 Å². The summed E-state index contributed by atoms with van der Waals surface area (Å²) in [7, 11) is 3.38. The molecule has 4 rings (SSSR count). The number of carbonyl (C=O) groups excluding carboxylic acids is 6. The maximum absolute atomic E-state index is 14.2. The molecule has 2 aromatic rings. The number of aliphatic hydroxyl groups is 3. The second-order valence-corrected chi connectivity index (χ2v) is 18.7. The number of aromatic amines is 1. The van der Waals surface area contributed by atoms with E-state index in [-0.39, 0.29) is 31.5 Å². The third kappa shape index (κ3) is 14.6. The number of hydrogen-bond donors (Lipinski definition) is 6. The largest absolute Gasteiger partial charge is 0.461 e. The summed E-state index contributed by atoms with van der Waals surface area (Å²) < 4.78 is 23.7. The number of Topliss-reactive ketones (excluding diaryl/α,β-unsaturated/α-hetero) is 1. The van der Waals surface area contributed by atoms with Gasteiger partial charge in [-0.2, -0.15) is 0 Å². The summed E-state index contributed by atoms with van der Waals surface area (Å²) in [6.07, 6.45) is -2.24. The standard InChI is InChI=1S/C48H70N4O13/c1-11-39-33(38(56)25-50-45(60)35(51-47(61)65-48(6,7)8)22-31-24-49-34-15-13-12-14-32(31)34)20-26(2)16-17-36(54)27(3)21-30(18-19-53)44(28(4)37(55)23-40(57)63-39)64-46-43(59)41(52(9)10)42(58)29(5)62-46/h12-17,19-20,24,27-30,33,35,37,39,41-44,46,49,55,58-59H,11,18,21-23,25H2,1-10H3,(H,50,60)(H,51,61)/b17-16+,26-20+/t27-,28+,29-,30?,33-,35+,37-,39-,41+,42-,43-,44-,46-/m1/s1. The van der Waals surface area contributed by atoms with Crippen molar-refractivity contribution in [3.8, 4) is 0 Å². The second-order valence-electron chi connectivity index (χ2n) is 18.7. The number of benzene rings is 1. The lowest BCUT2D eigenvalue weighted by Crippen LogP contribution is -2.63. The van der Waals surface area contributed by atoms with Crippen molar-refractivity contribution in [2.75, 3.05) is 20.6 Å². The Bertz CT molecular complexity index is 2020. The predicted octanol–water partition coefficient (Wildman–Crippen LogP) is 3.71. The van der Waals surface area contributed by atoms with Gasteiger partial charge in [-0.25, -0.2) is 4.79 Å². The van der Waals surface area contributed by atoms with Crippen LogP contribution in [0.2, 0.25) is 0 Å². The molecule has 17 heteroatoms. The molecular weight excluding hydrogens is 841 g/mol. The number of hydrogen-bond acceptors (Lipinski definition) is 14. The third-order valence-electron chi connectivity index (χ3n) is 12.2. The molecule has 2 aliphatic rings. The number of nitrogens with zero attached hydrogens (tertiary/aromatic N) is 1. The SMILES string of the molecule is CC[C@H]1OC(=O)C[C@@H](O)[C@H](C)[C@@H](O[C@H]2O[C@H](C)[C@@H](O)[C@H](N(C)C)[C@H]2O)C(CC=O)C[C@@H](C)C(=O)/C=C/C(C)=C/[C@@H]1C(=O)CNC(=O)[C@H](Cc1c[nH]c2ccccc12)NC(=O)OC(C)(C)C. The molecule has 6 N–H and O–H groups in total. The first-order chi connectivity index (χ1) is 30.5. The van der Waals surface area contributed by atoms with Crippen LogP contribution in [0.25, 0.3) is 10.9 Å². The second kappa shape index (κ2) is 23.6. The van der Waals surface area contributed by atoms with Crippen LogP contribution in [-0.4, -0.2) is 142 Å². The first kappa shape index (κ1) is 52.8. The number of amides is 2. The van der Waals surface area contributed by atoms with Crippen molar-refractivity contribution >= 4 is 46.7 Å². The highest BCUT2D eigenvalue weighted by Gasteiger charge is 2.47. The Morgan fingerprint density at radius 2 is 1.74 bits per heavy atom. The van der Waals surface area contributed by atoms with Crippen LogP contribution in [0.5, 0.6) is 0 Å². The molecule has 0 bridgehead atoms. The Balaban J connectivity index is 1.62. The van der Waals surface area contributed by atoms with E-state index in [2.05, 4.69) is 15.6 Å². The Hall–Kier alpha value is -4.78. The molecule has 2 aliphatic heterocycles. The quantitative estimate of drug-likeness (QED) is 0.124. The highest BCUT2D eigenvalue weighted by atomic mass is 16.7. The van der Waals surface area contributed by atoms with E-state index in [1.807, 2.05) is 24.3 Å². The Morgan fingerprint density at radius 3 is 2.38 bits per heavy atom. The number of esters is 1. The molecule has 0 aliphatic carbocycles. The minimum Gasteiger partial charge on any atom is -0.461 e. The average Bonchev–Trinajstić information content (AvgIpc) is 3.64. The molecule has 0 saturated carbocycles. The van der Waals surface area contributed by atoms with Gasteiger partial charge in [0, 0.05) is 41.8 Å². The van der Waals surface area contributed by atoms with Gasteiger partial charge in [-0.1, -0.05) is 56.7 Å². The van der Waals surface area contributed by atoms with E-state index in [4.69, 9.17) is 18.9 Å². The number of aliphatic hydroxyl groups excluding tert-OH is 3. The summed E-state index contributed by atoms with van der Waals surface area (Å²) in [6.45, 7) is 12.9. The fourth-order valence-corrected chi connectivity index (χ4v) is 8.54. The van der Waals surface area contributed by atoms with Crippen molar-refractivity contribution in [2.24, 2.45) is 23.7 Å². The van der Waals surface area contributed by atoms with Gasteiger partial charge in [-0.15, -0.1) is 0 Å². The van der Waals surface area contributed by atoms with Gasteiger partial charge < -0.3 is 59.6 Å². The van der Waals surface area contributed by atoms with Crippen molar-refractivity contribution in [3.63, 3.8) is 0 Å². The van der Waals surface area contributed by atoms with Crippen molar-refractivity contribution in [3.05, 3.63) is 59.8 Å². The van der Waals surface area contributed by atoms with Crippen LogP contribution in [0, 0.1) is 23.7 Å². The molecule has 360 valence electrons. The van der Waals surface area contributed by atoms with Gasteiger partial charge in [-0.3, -0.25) is 19.2 Å². The predicted molar refractivity (Wildman–Crippen MR) is 241 cm³/mol. The van der Waals surface area contributed by atoms with E-state index in [0.29, 0.717) is 11.9 Å². The van der Waals surface area contributed by atoms with Gasteiger partial charge in [0.25, 0.3) is 0 Å². The minimum absolute atomic E-state index is 0.0633. The Labute approximate surface area is 381 Å². The normalized spacial score (nSPS) is 31.6. The molecule has 1 fully saturated rings. The van der Waals surface area contributed by atoms with Gasteiger partial charge >= 0.3 is 12.1 Å². The summed E-state index contributed by atoms with van der Waals surface area (Å²) in [5.74, 6) is -5.67. The van der Waals surface area contributed by atoms with E-state index in [0.717, 1.165) is 16.5 Å². The molecule has 3 heterocycles. The van der Waals surface area contributed by atoms with Crippen LogP contribution in [0.15, 0.2) is 54.3 Å². The lowest BCUT2D eigenvalue weighted by molar-refractivity contribution is -0.304. The topological polar surface area (TPSA) is 243 Å². The molecule has 17 nitrogen and oxygen atoms in total. The minimum atomic E-state index is -1.43. The first-order valence-corrected chi connectivity index (χ1v) is 22.4. The molecule has 65 heavy (non-hydrogen) atoms. The number of fused-ring (bicyclic) bond motifs is 1. The van der Waals surface area contributed by atoms with Crippen molar-refractivity contribution in [1.29, 1.82) is 0 Å². The Morgan fingerprint density at radius 1 is 1.05 bits per heavy atom. The number of para-hydroxylation sites is 1. The fraction of sp³-hybridized carbons (Fsp3) is 0.625. The third-order valence-corrected chi connectivity index (χ3v) is 12.2. The lowest BCUT2D eigenvalue weighted by atomic mass is 9.79. The van der Waals surface area contributed by atoms with Crippen LogP contribution < -0.4 is 10.6 Å². The number of nitrogens with one attached hydrogen (secondary N) is 3. The van der Waals surface area contributed by atoms with Gasteiger partial charge in [0.15, 0.2) is 17.9 Å². The number of allylic oxidation sites excluding steroid dienone is 3. The van der Waals surface area contributed by atoms with Crippen LogP contribution in [-0.2, 0) is 49.3 Å². The summed E-state index contributed by atoms with van der Waals surface area (Å²) >= 11 is 0. The van der Waals surface area contributed by atoms with Crippen LogP contribution in [0.1, 0.15) is 86.6 Å². The van der Waals surface area contributed by atoms with E-state index in [1.54, 1.807) is 86.7 Å². The van der Waals surface area contributed by atoms with Gasteiger partial charge in [0.2, 0.25) is 5.91 Å². The number of ether oxygens (including phenoxy) is 4. The maximum atomic E-state index is 14.2. The van der Waals surface area contributed by atoms with Crippen LogP contribution in [0.4, 0.5) is 4.79 Å². The highest BCUT2D eigenvalue weighted by Crippen LogP contribution is 2.34. The lowest BCUT2D eigenvalue weighted by Gasteiger charge is -2.46. The number of aromatic nitrogens is 1. The number of rotatable bonds is 13. The number of aldehydes is 1. The Kier molecular flexibility index (Phi) is 19.2. The van der Waals surface area contributed by atoms with Gasteiger partial charge in [0.1, 0.15) is 30.1 Å². The number of likely N-dealkylation sites (N-methyl/N-ethyl adjacent to an activating group) is 1. The molecule has 2 amide bonds. The fourth-order valence-electron chi connectivity index (χ4n) is 8.54. The van der Waals surface area contributed by atoms with Crippen molar-refractivity contribution in [2.45, 2.75) is 148 Å². The zero-order valence-corrected chi connectivity index (χ0v) is 39.3. The number of alkyl carbamates (subject to hydrolysis) is 1. The molecule has 0 spiro atoms. The van der Waals surface area contributed by atoms with E-state index < -0.39 is 121 Å². The van der Waals surface area contributed by atoms with Crippen LogP contribution in [0.3, 0.4) is 0 Å². The zero-order chi connectivity index (χ0) is 48.3. The molecule has 0 radical (unpaired) electrons. The summed E-state index contributed by atoms with van der Waals surface area (Å²) in [6, 6.07) is 5.55. The first-order valence-electron chi connectivity index (χ1n) is 22.4. The number of H-pyrrole nitrogens is 1. The highest BCUT2D eigenvalue weighted by molar-refractivity contribution is 5.94. The van der Waals surface area contributed by atoms with Gasteiger partial charge in [0.05, 0.1) is 49.3 Å². The summed E-state index contributed by atoms with van der Waals surface area (Å²) in [5.41, 5.74) is 1.21.